The van der Waals surface area contributed by atoms with Crippen molar-refractivity contribution in [2.75, 3.05) is 6.61 Å². The highest BCUT2D eigenvalue weighted by atomic mass is 16.7. The summed E-state index contributed by atoms with van der Waals surface area (Å²) in [6.45, 7) is -0.203. The van der Waals surface area contributed by atoms with Gasteiger partial charge in [0.25, 0.3) is 0 Å². The zero-order chi connectivity index (χ0) is 13.1. The number of ether oxygens (including phenoxy) is 2. The minimum atomic E-state index is -1.47. The van der Waals surface area contributed by atoms with E-state index >= 15 is 0 Å². The van der Waals surface area contributed by atoms with Gasteiger partial charge in [-0.3, -0.25) is 0 Å². The van der Waals surface area contributed by atoms with E-state index in [0.29, 0.717) is 5.56 Å². The van der Waals surface area contributed by atoms with Crippen LogP contribution >= 0.6 is 0 Å². The van der Waals surface area contributed by atoms with E-state index in [1.807, 2.05) is 0 Å². The van der Waals surface area contributed by atoms with Crippen LogP contribution in [0.1, 0.15) is 10.4 Å². The van der Waals surface area contributed by atoms with Crippen molar-refractivity contribution < 1.29 is 29.6 Å². The Hall–Kier alpha value is -1.47. The Balaban J connectivity index is 2.00. The number of aliphatic hydroxyl groups excluding tert-OH is 3. The number of carbonyl (C=O) groups is 1. The van der Waals surface area contributed by atoms with Crippen LogP contribution in [-0.2, 0) is 9.47 Å². The van der Waals surface area contributed by atoms with Crippen molar-refractivity contribution in [1.82, 2.24) is 0 Å². The van der Waals surface area contributed by atoms with Crippen LogP contribution in [0, 0.1) is 0 Å². The number of hydrogen-bond acceptors (Lipinski definition) is 6. The fourth-order valence-electron chi connectivity index (χ4n) is 1.63. The summed E-state index contributed by atoms with van der Waals surface area (Å²) in [6, 6.07) is 8.22. The highest BCUT2D eigenvalue weighted by Gasteiger charge is 2.39. The van der Waals surface area contributed by atoms with Gasteiger partial charge in [-0.25, -0.2) is 4.79 Å². The monoisotopic (exact) mass is 254 g/mol. The predicted molar refractivity (Wildman–Crippen MR) is 59.6 cm³/mol. The minimum Gasteiger partial charge on any atom is -0.429 e. The van der Waals surface area contributed by atoms with Crippen LogP contribution in [0.15, 0.2) is 30.3 Å². The van der Waals surface area contributed by atoms with Gasteiger partial charge in [0.15, 0.2) is 0 Å². The third-order valence-corrected chi connectivity index (χ3v) is 2.69. The van der Waals surface area contributed by atoms with Gasteiger partial charge < -0.3 is 24.8 Å². The lowest BCUT2D eigenvalue weighted by Gasteiger charge is -2.34. The average molecular weight is 254 g/mol. The molecule has 0 aliphatic carbocycles. The summed E-state index contributed by atoms with van der Waals surface area (Å²) in [6.07, 6.45) is -5.34. The molecule has 2 rings (SSSR count). The first kappa shape index (κ1) is 13.0. The first-order chi connectivity index (χ1) is 8.59. The standard InChI is InChI=1S/C12H14O6/c13-8-6-17-12(10(15)9(8)14)18-11(16)7-4-2-1-3-5-7/h1-5,8-10,12-15H,6H2/t8-,9-,10+,12-/m1/s1. The molecule has 1 saturated heterocycles. The summed E-state index contributed by atoms with van der Waals surface area (Å²) >= 11 is 0. The second-order valence-electron chi connectivity index (χ2n) is 4.02. The molecule has 1 aromatic rings. The van der Waals surface area contributed by atoms with E-state index in [2.05, 4.69) is 0 Å². The van der Waals surface area contributed by atoms with E-state index in [9.17, 15) is 20.1 Å². The second-order valence-corrected chi connectivity index (χ2v) is 4.02. The van der Waals surface area contributed by atoms with Gasteiger partial charge in [-0.2, -0.15) is 0 Å². The molecule has 0 unspecified atom stereocenters. The van der Waals surface area contributed by atoms with Crippen molar-refractivity contribution >= 4 is 5.97 Å². The van der Waals surface area contributed by atoms with Gasteiger partial charge in [-0.05, 0) is 12.1 Å². The van der Waals surface area contributed by atoms with Crippen LogP contribution in [0.5, 0.6) is 0 Å². The summed E-state index contributed by atoms with van der Waals surface area (Å²) < 4.78 is 9.89. The Morgan fingerprint density at radius 2 is 1.83 bits per heavy atom. The molecule has 0 radical (unpaired) electrons. The number of aliphatic hydroxyl groups is 3. The van der Waals surface area contributed by atoms with Crippen molar-refractivity contribution in [3.05, 3.63) is 35.9 Å². The van der Waals surface area contributed by atoms with Gasteiger partial charge in [0.1, 0.15) is 18.3 Å². The third kappa shape index (κ3) is 2.68. The molecule has 1 aliphatic rings. The largest absolute Gasteiger partial charge is 0.429 e. The lowest BCUT2D eigenvalue weighted by molar-refractivity contribution is -0.251. The minimum absolute atomic E-state index is 0.203. The Kier molecular flexibility index (Phi) is 3.93. The Morgan fingerprint density at radius 3 is 2.50 bits per heavy atom. The predicted octanol–water partition coefficient (Wildman–Crippen LogP) is -0.718. The molecule has 3 N–H and O–H groups in total. The lowest BCUT2D eigenvalue weighted by atomic mass is 10.1. The van der Waals surface area contributed by atoms with Crippen LogP contribution in [0.4, 0.5) is 0 Å². The van der Waals surface area contributed by atoms with E-state index in [-0.39, 0.29) is 6.61 Å². The first-order valence-corrected chi connectivity index (χ1v) is 5.51. The van der Waals surface area contributed by atoms with Crippen LogP contribution in [0.25, 0.3) is 0 Å². The quantitative estimate of drug-likeness (QED) is 0.603. The van der Waals surface area contributed by atoms with Crippen LogP contribution in [0.3, 0.4) is 0 Å². The molecule has 0 saturated carbocycles. The lowest BCUT2D eigenvalue weighted by Crippen LogP contribution is -2.54. The third-order valence-electron chi connectivity index (χ3n) is 2.69. The SMILES string of the molecule is O=C(O[C@H]1OC[C@@H](O)[C@@H](O)[C@@H]1O)c1ccccc1. The van der Waals surface area contributed by atoms with E-state index in [1.165, 1.54) is 0 Å². The van der Waals surface area contributed by atoms with Crippen molar-refractivity contribution in [2.45, 2.75) is 24.6 Å². The fraction of sp³-hybridized carbons (Fsp3) is 0.417. The summed E-state index contributed by atoms with van der Waals surface area (Å²) in [5.41, 5.74) is 0.314. The maximum absolute atomic E-state index is 11.7. The molecule has 1 aromatic carbocycles. The Morgan fingerprint density at radius 1 is 1.17 bits per heavy atom. The number of benzene rings is 1. The number of carbonyl (C=O) groups excluding carboxylic acids is 1. The molecule has 98 valence electrons. The molecular weight excluding hydrogens is 240 g/mol. The highest BCUT2D eigenvalue weighted by molar-refractivity contribution is 5.89. The molecule has 1 aliphatic heterocycles. The van der Waals surface area contributed by atoms with E-state index < -0.39 is 30.6 Å². The number of rotatable bonds is 2. The normalized spacial score (nSPS) is 31.9. The highest BCUT2D eigenvalue weighted by Crippen LogP contribution is 2.17. The van der Waals surface area contributed by atoms with Gasteiger partial charge in [-0.1, -0.05) is 18.2 Å². The molecule has 1 fully saturated rings. The topological polar surface area (TPSA) is 96.2 Å². The molecule has 0 aromatic heterocycles. The molecule has 0 amide bonds. The maximum Gasteiger partial charge on any atom is 0.340 e. The van der Waals surface area contributed by atoms with E-state index in [4.69, 9.17) is 9.47 Å². The van der Waals surface area contributed by atoms with E-state index in [1.54, 1.807) is 30.3 Å². The smallest absolute Gasteiger partial charge is 0.340 e. The maximum atomic E-state index is 11.7. The summed E-state index contributed by atoms with van der Waals surface area (Å²) in [5.74, 6) is -0.664. The van der Waals surface area contributed by atoms with Gasteiger partial charge in [0.05, 0.1) is 12.2 Å². The van der Waals surface area contributed by atoms with Crippen molar-refractivity contribution in [1.29, 1.82) is 0 Å². The summed E-state index contributed by atoms with van der Waals surface area (Å²) in [5, 5.41) is 28.3. The molecule has 6 heteroatoms. The van der Waals surface area contributed by atoms with Crippen LogP contribution in [0.2, 0.25) is 0 Å². The number of esters is 1. The van der Waals surface area contributed by atoms with Gasteiger partial charge in [0, 0.05) is 0 Å². The molecule has 6 nitrogen and oxygen atoms in total. The van der Waals surface area contributed by atoms with E-state index in [0.717, 1.165) is 0 Å². The molecule has 18 heavy (non-hydrogen) atoms. The molecular formula is C12H14O6. The van der Waals surface area contributed by atoms with Crippen LogP contribution in [-0.4, -0.2) is 52.5 Å². The van der Waals surface area contributed by atoms with Crippen molar-refractivity contribution in [3.63, 3.8) is 0 Å². The van der Waals surface area contributed by atoms with Gasteiger partial charge in [0.2, 0.25) is 6.29 Å². The average Bonchev–Trinajstić information content (AvgIpc) is 2.40. The Bertz CT molecular complexity index is 406. The molecule has 1 heterocycles. The zero-order valence-electron chi connectivity index (χ0n) is 9.47. The Labute approximate surface area is 103 Å². The van der Waals surface area contributed by atoms with Crippen molar-refractivity contribution in [3.8, 4) is 0 Å². The van der Waals surface area contributed by atoms with Crippen molar-refractivity contribution in [2.24, 2.45) is 0 Å². The molecule has 0 spiro atoms. The molecule has 0 bridgehead atoms. The summed E-state index contributed by atoms with van der Waals surface area (Å²) in [7, 11) is 0. The first-order valence-electron chi connectivity index (χ1n) is 5.51. The second kappa shape index (κ2) is 5.45. The fourth-order valence-corrected chi connectivity index (χ4v) is 1.63. The van der Waals surface area contributed by atoms with Gasteiger partial charge >= 0.3 is 5.97 Å². The molecule has 4 atom stereocenters. The van der Waals surface area contributed by atoms with Crippen LogP contribution < -0.4 is 0 Å². The number of hydrogen-bond donors (Lipinski definition) is 3. The summed E-state index contributed by atoms with van der Waals surface area (Å²) in [4.78, 5) is 11.7. The van der Waals surface area contributed by atoms with Gasteiger partial charge in [-0.15, -0.1) is 0 Å². The zero-order valence-corrected chi connectivity index (χ0v) is 9.47.